The number of hydrogen-bond acceptors (Lipinski definition) is 5. The molecule has 7 nitrogen and oxygen atoms in total. The number of nitrogens with one attached hydrogen (secondary N) is 1. The normalized spacial score (nSPS) is 10.5. The number of anilines is 2. The molecule has 0 amide bonds. The molecule has 0 spiro atoms. The standard InChI is InChI=1S/C6H9N7/c1-13-6(8)10-5(12-13)3-2-9-11-4(3)7/h2H,1H3,(H3,7,9,11)(H2,8,10,12). The highest BCUT2D eigenvalue weighted by Crippen LogP contribution is 2.19. The van der Waals surface area contributed by atoms with Crippen molar-refractivity contribution in [3.63, 3.8) is 0 Å². The highest BCUT2D eigenvalue weighted by Gasteiger charge is 2.10. The summed E-state index contributed by atoms with van der Waals surface area (Å²) in [4.78, 5) is 4.00. The minimum Gasteiger partial charge on any atom is -0.383 e. The quantitative estimate of drug-likeness (QED) is 0.539. The number of hydrogen-bond donors (Lipinski definition) is 3. The van der Waals surface area contributed by atoms with Gasteiger partial charge >= 0.3 is 0 Å². The van der Waals surface area contributed by atoms with Crippen molar-refractivity contribution in [1.29, 1.82) is 0 Å². The van der Waals surface area contributed by atoms with Crippen molar-refractivity contribution < 1.29 is 0 Å². The van der Waals surface area contributed by atoms with Crippen LogP contribution < -0.4 is 11.5 Å². The van der Waals surface area contributed by atoms with Gasteiger partial charge in [-0.15, -0.1) is 5.10 Å². The van der Waals surface area contributed by atoms with E-state index in [1.807, 2.05) is 0 Å². The summed E-state index contributed by atoms with van der Waals surface area (Å²) in [6.45, 7) is 0. The van der Waals surface area contributed by atoms with Crippen LogP contribution in [0.2, 0.25) is 0 Å². The van der Waals surface area contributed by atoms with Crippen LogP contribution in [0.1, 0.15) is 0 Å². The second-order valence-corrected chi connectivity index (χ2v) is 2.61. The summed E-state index contributed by atoms with van der Waals surface area (Å²) in [5.41, 5.74) is 11.8. The number of nitrogens with zero attached hydrogens (tertiary/aromatic N) is 4. The van der Waals surface area contributed by atoms with Gasteiger partial charge in [0.05, 0.1) is 11.8 Å². The second kappa shape index (κ2) is 2.47. The van der Waals surface area contributed by atoms with Crippen LogP contribution in [0, 0.1) is 0 Å². The summed E-state index contributed by atoms with van der Waals surface area (Å²) in [7, 11) is 1.71. The molecule has 0 unspecified atom stereocenters. The van der Waals surface area contributed by atoms with E-state index in [0.717, 1.165) is 0 Å². The first-order valence-electron chi connectivity index (χ1n) is 3.64. The van der Waals surface area contributed by atoms with Gasteiger partial charge in [0.2, 0.25) is 5.95 Å². The van der Waals surface area contributed by atoms with Crippen LogP contribution in [0.3, 0.4) is 0 Å². The fraction of sp³-hybridized carbons (Fsp3) is 0.167. The van der Waals surface area contributed by atoms with Crippen LogP contribution in [0.4, 0.5) is 11.8 Å². The first-order chi connectivity index (χ1) is 6.18. The Morgan fingerprint density at radius 2 is 2.23 bits per heavy atom. The maximum absolute atomic E-state index is 5.58. The van der Waals surface area contributed by atoms with E-state index in [9.17, 15) is 0 Å². The Kier molecular flexibility index (Phi) is 1.44. The minimum absolute atomic E-state index is 0.343. The maximum Gasteiger partial charge on any atom is 0.218 e. The van der Waals surface area contributed by atoms with Crippen molar-refractivity contribution >= 4 is 11.8 Å². The summed E-state index contributed by atoms with van der Waals surface area (Å²) in [5, 5.41) is 10.4. The van der Waals surface area contributed by atoms with E-state index in [1.54, 1.807) is 13.2 Å². The first kappa shape index (κ1) is 7.59. The molecule has 0 radical (unpaired) electrons. The molecule has 0 aliphatic carbocycles. The Morgan fingerprint density at radius 1 is 1.46 bits per heavy atom. The van der Waals surface area contributed by atoms with Gasteiger partial charge in [-0.2, -0.15) is 10.1 Å². The van der Waals surface area contributed by atoms with Crippen molar-refractivity contribution in [3.8, 4) is 11.4 Å². The van der Waals surface area contributed by atoms with Crippen LogP contribution in [0.25, 0.3) is 11.4 Å². The summed E-state index contributed by atoms with van der Waals surface area (Å²) in [5.74, 6) is 1.26. The lowest BCUT2D eigenvalue weighted by Crippen LogP contribution is -1.97. The lowest BCUT2D eigenvalue weighted by atomic mass is 10.3. The van der Waals surface area contributed by atoms with E-state index in [0.29, 0.717) is 23.2 Å². The third-order valence-corrected chi connectivity index (χ3v) is 1.71. The lowest BCUT2D eigenvalue weighted by molar-refractivity contribution is 0.781. The average Bonchev–Trinajstić information content (AvgIpc) is 2.60. The molecule has 7 heteroatoms. The number of aromatic nitrogens is 5. The highest BCUT2D eigenvalue weighted by atomic mass is 15.4. The molecule has 5 N–H and O–H groups in total. The molecule has 0 aliphatic heterocycles. The molecular weight excluding hydrogens is 170 g/mol. The second-order valence-electron chi connectivity index (χ2n) is 2.61. The van der Waals surface area contributed by atoms with Gasteiger partial charge in [-0.05, 0) is 0 Å². The first-order valence-corrected chi connectivity index (χ1v) is 3.64. The van der Waals surface area contributed by atoms with Gasteiger partial charge in [0.1, 0.15) is 5.82 Å². The molecule has 0 fully saturated rings. The molecule has 0 atom stereocenters. The molecule has 0 aromatic carbocycles. The van der Waals surface area contributed by atoms with Gasteiger partial charge < -0.3 is 11.5 Å². The molecule has 0 saturated heterocycles. The van der Waals surface area contributed by atoms with E-state index < -0.39 is 0 Å². The van der Waals surface area contributed by atoms with Gasteiger partial charge in [0.25, 0.3) is 0 Å². The predicted molar refractivity (Wildman–Crippen MR) is 47.4 cm³/mol. The van der Waals surface area contributed by atoms with E-state index >= 15 is 0 Å². The van der Waals surface area contributed by atoms with Crippen molar-refractivity contribution in [2.45, 2.75) is 0 Å². The Bertz CT molecular complexity index is 406. The topological polar surface area (TPSA) is 111 Å². The Labute approximate surface area is 73.8 Å². The van der Waals surface area contributed by atoms with Crippen molar-refractivity contribution in [2.24, 2.45) is 7.05 Å². The van der Waals surface area contributed by atoms with Crippen LogP contribution in [0.5, 0.6) is 0 Å². The van der Waals surface area contributed by atoms with Crippen LogP contribution in [-0.2, 0) is 7.05 Å². The predicted octanol–water partition coefficient (Wildman–Crippen LogP) is -0.630. The van der Waals surface area contributed by atoms with Crippen LogP contribution in [-0.4, -0.2) is 25.0 Å². The number of rotatable bonds is 1. The molecule has 2 rings (SSSR count). The van der Waals surface area contributed by atoms with Crippen molar-refractivity contribution in [2.75, 3.05) is 11.5 Å². The number of H-pyrrole nitrogens is 1. The maximum atomic E-state index is 5.58. The van der Waals surface area contributed by atoms with Crippen LogP contribution in [0.15, 0.2) is 6.20 Å². The molecule has 0 bridgehead atoms. The third kappa shape index (κ3) is 1.10. The molecule has 0 saturated carbocycles. The van der Waals surface area contributed by atoms with Gasteiger partial charge in [-0.25, -0.2) is 4.68 Å². The fourth-order valence-corrected chi connectivity index (χ4v) is 0.985. The summed E-state index contributed by atoms with van der Waals surface area (Å²) >= 11 is 0. The minimum atomic E-state index is 0.343. The van der Waals surface area contributed by atoms with E-state index in [1.165, 1.54) is 4.68 Å². The van der Waals surface area contributed by atoms with E-state index in [4.69, 9.17) is 11.5 Å². The Hall–Kier alpha value is -2.05. The lowest BCUT2D eigenvalue weighted by Gasteiger charge is -1.88. The molecule has 2 aromatic rings. The zero-order valence-corrected chi connectivity index (χ0v) is 7.02. The molecule has 2 aromatic heterocycles. The number of nitrogen functional groups attached to an aromatic ring is 2. The van der Waals surface area contributed by atoms with E-state index in [2.05, 4.69) is 20.3 Å². The zero-order valence-electron chi connectivity index (χ0n) is 7.02. The average molecular weight is 179 g/mol. The van der Waals surface area contributed by atoms with Crippen LogP contribution >= 0.6 is 0 Å². The van der Waals surface area contributed by atoms with Gasteiger partial charge in [-0.3, -0.25) is 5.10 Å². The molecule has 68 valence electrons. The van der Waals surface area contributed by atoms with E-state index in [-0.39, 0.29) is 0 Å². The molecule has 0 aliphatic rings. The Balaban J connectivity index is 2.53. The monoisotopic (exact) mass is 179 g/mol. The fourth-order valence-electron chi connectivity index (χ4n) is 0.985. The van der Waals surface area contributed by atoms with Crippen molar-refractivity contribution in [3.05, 3.63) is 6.20 Å². The van der Waals surface area contributed by atoms with Gasteiger partial charge in [0, 0.05) is 7.05 Å². The summed E-state index contributed by atoms with van der Waals surface area (Å²) < 4.78 is 1.47. The largest absolute Gasteiger partial charge is 0.383 e. The van der Waals surface area contributed by atoms with Gasteiger partial charge in [0.15, 0.2) is 5.82 Å². The highest BCUT2D eigenvalue weighted by molar-refractivity contribution is 5.67. The third-order valence-electron chi connectivity index (χ3n) is 1.71. The molecule has 2 heterocycles. The molecular formula is C6H9N7. The number of nitrogens with two attached hydrogens (primary N) is 2. The SMILES string of the molecule is Cn1nc(-c2cn[nH]c2N)nc1N. The number of aryl methyl sites for hydroxylation is 1. The zero-order chi connectivity index (χ0) is 9.42. The number of aromatic amines is 1. The summed E-state index contributed by atoms with van der Waals surface area (Å²) in [6, 6.07) is 0. The van der Waals surface area contributed by atoms with Gasteiger partial charge in [-0.1, -0.05) is 0 Å². The molecule has 13 heavy (non-hydrogen) atoms. The van der Waals surface area contributed by atoms with Crippen molar-refractivity contribution in [1.82, 2.24) is 25.0 Å². The summed E-state index contributed by atoms with van der Waals surface area (Å²) in [6.07, 6.45) is 1.56. The smallest absolute Gasteiger partial charge is 0.218 e. The Morgan fingerprint density at radius 3 is 2.69 bits per heavy atom.